The molecule has 3 rings (SSSR count). The summed E-state index contributed by atoms with van der Waals surface area (Å²) in [5.74, 6) is 1.48. The lowest BCUT2D eigenvalue weighted by Crippen LogP contribution is -2.18. The van der Waals surface area contributed by atoms with Crippen LogP contribution in [-0.4, -0.2) is 16.4 Å². The molecule has 0 radical (unpaired) electrons. The summed E-state index contributed by atoms with van der Waals surface area (Å²) in [5.41, 5.74) is 8.23. The van der Waals surface area contributed by atoms with Crippen LogP contribution in [0.25, 0.3) is 0 Å². The summed E-state index contributed by atoms with van der Waals surface area (Å²) in [4.78, 5) is 0. The van der Waals surface area contributed by atoms with Gasteiger partial charge in [0.25, 0.3) is 0 Å². The van der Waals surface area contributed by atoms with Crippen LogP contribution in [0.5, 0.6) is 5.75 Å². The van der Waals surface area contributed by atoms with Crippen molar-refractivity contribution in [2.45, 2.75) is 31.8 Å². The van der Waals surface area contributed by atoms with Crippen molar-refractivity contribution in [1.82, 2.24) is 9.78 Å². The zero-order valence-corrected chi connectivity index (χ0v) is 11.1. The Bertz CT molecular complexity index is 562. The molecule has 1 aromatic heterocycles. The molecule has 0 spiro atoms. The van der Waals surface area contributed by atoms with Crippen LogP contribution in [0.3, 0.4) is 0 Å². The van der Waals surface area contributed by atoms with E-state index in [0.29, 0.717) is 5.92 Å². The van der Waals surface area contributed by atoms with E-state index in [1.54, 1.807) is 0 Å². The third kappa shape index (κ3) is 2.49. The minimum absolute atomic E-state index is 0.0377. The molecule has 2 aromatic rings. The summed E-state index contributed by atoms with van der Waals surface area (Å²) in [6, 6.07) is 8.31. The van der Waals surface area contributed by atoms with Crippen molar-refractivity contribution in [3.63, 3.8) is 0 Å². The fourth-order valence-electron chi connectivity index (χ4n) is 2.55. The lowest BCUT2D eigenvalue weighted by atomic mass is 9.93. The van der Waals surface area contributed by atoms with Gasteiger partial charge in [0.2, 0.25) is 0 Å². The first-order chi connectivity index (χ1) is 9.24. The first-order valence-corrected chi connectivity index (χ1v) is 6.73. The Kier molecular flexibility index (Phi) is 3.25. The standard InChI is InChI=1S/C15H19N3O/c1-11(16)13-8-17-18(10-13)9-12-6-7-19-15-5-3-2-4-14(12)15/h2-5,8,10-12H,6-7,9,16H2,1H3. The highest BCUT2D eigenvalue weighted by Crippen LogP contribution is 2.34. The van der Waals surface area contributed by atoms with Gasteiger partial charge in [-0.05, 0) is 25.0 Å². The van der Waals surface area contributed by atoms with Gasteiger partial charge in [-0.3, -0.25) is 4.68 Å². The van der Waals surface area contributed by atoms with Crippen LogP contribution in [0.15, 0.2) is 36.7 Å². The van der Waals surface area contributed by atoms with E-state index in [1.165, 1.54) is 5.56 Å². The molecule has 0 saturated carbocycles. The first kappa shape index (κ1) is 12.2. The summed E-state index contributed by atoms with van der Waals surface area (Å²) >= 11 is 0. The van der Waals surface area contributed by atoms with Crippen molar-refractivity contribution in [3.05, 3.63) is 47.8 Å². The number of nitrogens with two attached hydrogens (primary N) is 1. The topological polar surface area (TPSA) is 53.1 Å². The average Bonchev–Trinajstić information content (AvgIpc) is 2.88. The van der Waals surface area contributed by atoms with E-state index in [-0.39, 0.29) is 6.04 Å². The Balaban J connectivity index is 1.80. The summed E-state index contributed by atoms with van der Waals surface area (Å²) in [6.45, 7) is 3.64. The number of rotatable bonds is 3. The third-order valence-electron chi connectivity index (χ3n) is 3.67. The van der Waals surface area contributed by atoms with Gasteiger partial charge in [0, 0.05) is 30.3 Å². The second kappa shape index (κ2) is 5.05. The van der Waals surface area contributed by atoms with Crippen molar-refractivity contribution in [1.29, 1.82) is 0 Å². The van der Waals surface area contributed by atoms with Crippen molar-refractivity contribution in [2.75, 3.05) is 6.61 Å². The smallest absolute Gasteiger partial charge is 0.122 e. The van der Waals surface area contributed by atoms with Crippen LogP contribution < -0.4 is 10.5 Å². The fourth-order valence-corrected chi connectivity index (χ4v) is 2.55. The molecule has 0 amide bonds. The largest absolute Gasteiger partial charge is 0.493 e. The lowest BCUT2D eigenvalue weighted by Gasteiger charge is -2.25. The van der Waals surface area contributed by atoms with Gasteiger partial charge in [-0.2, -0.15) is 5.10 Å². The number of benzene rings is 1. The number of para-hydroxylation sites is 1. The molecular formula is C15H19N3O. The monoisotopic (exact) mass is 257 g/mol. The molecule has 0 bridgehead atoms. The van der Waals surface area contributed by atoms with Crippen molar-refractivity contribution in [2.24, 2.45) is 5.73 Å². The zero-order chi connectivity index (χ0) is 13.2. The molecular weight excluding hydrogens is 238 g/mol. The molecule has 2 atom stereocenters. The van der Waals surface area contributed by atoms with Gasteiger partial charge < -0.3 is 10.5 Å². The normalized spacial score (nSPS) is 19.6. The summed E-state index contributed by atoms with van der Waals surface area (Å²) < 4.78 is 7.68. The Morgan fingerprint density at radius 2 is 2.32 bits per heavy atom. The van der Waals surface area contributed by atoms with Gasteiger partial charge in [-0.15, -0.1) is 0 Å². The number of aromatic nitrogens is 2. The maximum atomic E-state index is 5.86. The maximum Gasteiger partial charge on any atom is 0.122 e. The van der Waals surface area contributed by atoms with Gasteiger partial charge in [-0.25, -0.2) is 0 Å². The SMILES string of the molecule is CC(N)c1cnn(CC2CCOc3ccccc32)c1. The lowest BCUT2D eigenvalue weighted by molar-refractivity contribution is 0.256. The number of nitrogens with zero attached hydrogens (tertiary/aromatic N) is 2. The molecule has 4 nitrogen and oxygen atoms in total. The quantitative estimate of drug-likeness (QED) is 0.919. The fraction of sp³-hybridized carbons (Fsp3) is 0.400. The third-order valence-corrected chi connectivity index (χ3v) is 3.67. The van der Waals surface area contributed by atoms with E-state index >= 15 is 0 Å². The van der Waals surface area contributed by atoms with E-state index in [4.69, 9.17) is 10.5 Å². The molecule has 0 saturated heterocycles. The van der Waals surface area contributed by atoms with Crippen LogP contribution in [0.1, 0.15) is 36.4 Å². The summed E-state index contributed by atoms with van der Waals surface area (Å²) in [6.07, 6.45) is 4.93. The van der Waals surface area contributed by atoms with Crippen molar-refractivity contribution < 1.29 is 4.74 Å². The molecule has 4 heteroatoms. The molecule has 1 aliphatic rings. The molecule has 100 valence electrons. The summed E-state index contributed by atoms with van der Waals surface area (Å²) in [7, 11) is 0. The second-order valence-electron chi connectivity index (χ2n) is 5.16. The first-order valence-electron chi connectivity index (χ1n) is 6.73. The van der Waals surface area contributed by atoms with Crippen molar-refractivity contribution >= 4 is 0 Å². The molecule has 2 heterocycles. The maximum absolute atomic E-state index is 5.86. The predicted molar refractivity (Wildman–Crippen MR) is 74.1 cm³/mol. The zero-order valence-electron chi connectivity index (χ0n) is 11.1. The van der Waals surface area contributed by atoms with Gasteiger partial charge >= 0.3 is 0 Å². The van der Waals surface area contributed by atoms with Gasteiger partial charge in [0.1, 0.15) is 5.75 Å². The molecule has 0 aliphatic carbocycles. The number of ether oxygens (including phenoxy) is 1. The number of hydrogen-bond acceptors (Lipinski definition) is 3. The van der Waals surface area contributed by atoms with E-state index in [9.17, 15) is 0 Å². The Morgan fingerprint density at radius 3 is 3.11 bits per heavy atom. The van der Waals surface area contributed by atoms with E-state index < -0.39 is 0 Å². The van der Waals surface area contributed by atoms with E-state index in [2.05, 4.69) is 17.2 Å². The van der Waals surface area contributed by atoms with E-state index in [0.717, 1.165) is 30.9 Å². The molecule has 2 unspecified atom stereocenters. The Hall–Kier alpha value is -1.81. The van der Waals surface area contributed by atoms with Crippen molar-refractivity contribution in [3.8, 4) is 5.75 Å². The predicted octanol–water partition coefficient (Wildman–Crippen LogP) is 2.47. The highest BCUT2D eigenvalue weighted by atomic mass is 16.5. The van der Waals surface area contributed by atoms with Gasteiger partial charge in [0.15, 0.2) is 0 Å². The highest BCUT2D eigenvalue weighted by molar-refractivity contribution is 5.37. The van der Waals surface area contributed by atoms with E-state index in [1.807, 2.05) is 36.1 Å². The van der Waals surface area contributed by atoms with Crippen LogP contribution in [0, 0.1) is 0 Å². The van der Waals surface area contributed by atoms with Crippen LogP contribution in [-0.2, 0) is 6.54 Å². The minimum Gasteiger partial charge on any atom is -0.493 e. The molecule has 2 N–H and O–H groups in total. The molecule has 19 heavy (non-hydrogen) atoms. The van der Waals surface area contributed by atoms with Crippen LogP contribution in [0.4, 0.5) is 0 Å². The number of hydrogen-bond donors (Lipinski definition) is 1. The minimum atomic E-state index is 0.0377. The van der Waals surface area contributed by atoms with Crippen LogP contribution in [0.2, 0.25) is 0 Å². The molecule has 0 fully saturated rings. The highest BCUT2D eigenvalue weighted by Gasteiger charge is 2.21. The second-order valence-corrected chi connectivity index (χ2v) is 5.16. The van der Waals surface area contributed by atoms with Crippen LogP contribution >= 0.6 is 0 Å². The Morgan fingerprint density at radius 1 is 1.47 bits per heavy atom. The number of fused-ring (bicyclic) bond motifs is 1. The van der Waals surface area contributed by atoms with Gasteiger partial charge in [0.05, 0.1) is 12.8 Å². The summed E-state index contributed by atoms with van der Waals surface area (Å²) in [5, 5.41) is 4.40. The molecule has 1 aromatic carbocycles. The van der Waals surface area contributed by atoms with Gasteiger partial charge in [-0.1, -0.05) is 18.2 Å². The average molecular weight is 257 g/mol. The Labute approximate surface area is 113 Å². The molecule has 1 aliphatic heterocycles.